The van der Waals surface area contributed by atoms with Crippen molar-refractivity contribution in [3.63, 3.8) is 0 Å². The van der Waals surface area contributed by atoms with Crippen molar-refractivity contribution in [2.45, 2.75) is 19.8 Å². The summed E-state index contributed by atoms with van der Waals surface area (Å²) in [5.41, 5.74) is 3.92. The molecule has 0 atom stereocenters. The van der Waals surface area contributed by atoms with Crippen molar-refractivity contribution >= 4 is 10.9 Å². The summed E-state index contributed by atoms with van der Waals surface area (Å²) in [5.74, 6) is 0.316. The van der Waals surface area contributed by atoms with Crippen LogP contribution >= 0.6 is 0 Å². The van der Waals surface area contributed by atoms with E-state index in [9.17, 15) is 4.39 Å². The lowest BCUT2D eigenvalue weighted by atomic mass is 10.0. The number of halogens is 1. The molecule has 0 aliphatic heterocycles. The van der Waals surface area contributed by atoms with Crippen LogP contribution in [0.3, 0.4) is 0 Å². The number of para-hydroxylation sites is 1. The van der Waals surface area contributed by atoms with E-state index in [-0.39, 0.29) is 5.82 Å². The van der Waals surface area contributed by atoms with Crippen LogP contribution in [0.5, 0.6) is 0 Å². The number of benzene rings is 2. The minimum absolute atomic E-state index is 0.206. The van der Waals surface area contributed by atoms with Crippen LogP contribution in [0, 0.1) is 5.82 Å². The van der Waals surface area contributed by atoms with Crippen LogP contribution in [0.25, 0.3) is 22.2 Å². The molecule has 0 saturated heterocycles. The Labute approximate surface area is 112 Å². The van der Waals surface area contributed by atoms with Gasteiger partial charge in [0, 0.05) is 11.1 Å². The largest absolute Gasteiger partial charge is 0.352 e. The average molecular weight is 253 g/mol. The molecule has 3 rings (SSSR count). The normalized spacial score (nSPS) is 11.4. The number of hydrogen-bond acceptors (Lipinski definition) is 0. The third-order valence-electron chi connectivity index (χ3n) is 3.49. The minimum Gasteiger partial charge on any atom is -0.352 e. The Hall–Kier alpha value is -2.09. The van der Waals surface area contributed by atoms with E-state index in [0.29, 0.717) is 11.4 Å². The average Bonchev–Trinajstić information content (AvgIpc) is 2.84. The molecule has 0 aliphatic rings. The standard InChI is InChI=1S/C17H16FN/c1-11(2)12-6-8-13(9-7-12)16-10-14-4-3-5-15(18)17(14)19-16/h3-11,19H,1-2H3. The van der Waals surface area contributed by atoms with Gasteiger partial charge in [-0.3, -0.25) is 0 Å². The molecule has 0 spiro atoms. The lowest BCUT2D eigenvalue weighted by molar-refractivity contribution is 0.637. The summed E-state index contributed by atoms with van der Waals surface area (Å²) in [7, 11) is 0. The Bertz CT molecular complexity index is 708. The fourth-order valence-corrected chi connectivity index (χ4v) is 2.32. The monoisotopic (exact) mass is 253 g/mol. The number of rotatable bonds is 2. The molecular weight excluding hydrogens is 237 g/mol. The maximum absolute atomic E-state index is 13.7. The van der Waals surface area contributed by atoms with Crippen LogP contribution in [-0.4, -0.2) is 4.98 Å². The molecule has 0 unspecified atom stereocenters. The number of fused-ring (bicyclic) bond motifs is 1. The molecule has 96 valence electrons. The molecule has 0 fully saturated rings. The van der Waals surface area contributed by atoms with E-state index in [2.05, 4.69) is 43.1 Å². The summed E-state index contributed by atoms with van der Waals surface area (Å²) in [6.45, 7) is 4.35. The zero-order chi connectivity index (χ0) is 13.4. The van der Waals surface area contributed by atoms with Gasteiger partial charge in [-0.15, -0.1) is 0 Å². The van der Waals surface area contributed by atoms with Gasteiger partial charge in [-0.25, -0.2) is 4.39 Å². The molecule has 19 heavy (non-hydrogen) atoms. The van der Waals surface area contributed by atoms with Gasteiger partial charge in [0.25, 0.3) is 0 Å². The highest BCUT2D eigenvalue weighted by molar-refractivity contribution is 5.86. The molecule has 0 amide bonds. The molecular formula is C17H16FN. The SMILES string of the molecule is CC(C)c1ccc(-c2cc3cccc(F)c3[nH]2)cc1. The van der Waals surface area contributed by atoms with E-state index in [4.69, 9.17) is 0 Å². The van der Waals surface area contributed by atoms with Crippen molar-refractivity contribution in [3.05, 3.63) is 59.9 Å². The fourth-order valence-electron chi connectivity index (χ4n) is 2.32. The molecule has 1 N–H and O–H groups in total. The second kappa shape index (κ2) is 4.54. The summed E-state index contributed by atoms with van der Waals surface area (Å²) in [6, 6.07) is 15.5. The van der Waals surface area contributed by atoms with E-state index >= 15 is 0 Å². The zero-order valence-electron chi connectivity index (χ0n) is 11.1. The molecule has 0 aliphatic carbocycles. The smallest absolute Gasteiger partial charge is 0.147 e. The van der Waals surface area contributed by atoms with Gasteiger partial charge in [-0.2, -0.15) is 0 Å². The maximum atomic E-state index is 13.7. The number of hydrogen-bond donors (Lipinski definition) is 1. The van der Waals surface area contributed by atoms with Gasteiger partial charge in [0.2, 0.25) is 0 Å². The van der Waals surface area contributed by atoms with E-state index < -0.39 is 0 Å². The third-order valence-corrected chi connectivity index (χ3v) is 3.49. The van der Waals surface area contributed by atoms with Crippen LogP contribution in [-0.2, 0) is 0 Å². The number of H-pyrrole nitrogens is 1. The number of nitrogens with one attached hydrogen (secondary N) is 1. The predicted octanol–water partition coefficient (Wildman–Crippen LogP) is 5.10. The second-order valence-corrected chi connectivity index (χ2v) is 5.16. The summed E-state index contributed by atoms with van der Waals surface area (Å²) < 4.78 is 13.7. The predicted molar refractivity (Wildman–Crippen MR) is 77.8 cm³/mol. The molecule has 2 aromatic carbocycles. The van der Waals surface area contributed by atoms with E-state index in [0.717, 1.165) is 16.6 Å². The van der Waals surface area contributed by atoms with Gasteiger partial charge >= 0.3 is 0 Å². The topological polar surface area (TPSA) is 15.8 Å². The van der Waals surface area contributed by atoms with Gasteiger partial charge in [0.15, 0.2) is 0 Å². The van der Waals surface area contributed by atoms with E-state index in [1.165, 1.54) is 11.6 Å². The molecule has 1 heterocycles. The van der Waals surface area contributed by atoms with Gasteiger partial charge in [-0.05, 0) is 29.2 Å². The minimum atomic E-state index is -0.206. The summed E-state index contributed by atoms with van der Waals surface area (Å²) in [6.07, 6.45) is 0. The molecule has 0 saturated carbocycles. The van der Waals surface area contributed by atoms with Crippen LogP contribution in [0.4, 0.5) is 4.39 Å². The highest BCUT2D eigenvalue weighted by Crippen LogP contribution is 2.26. The highest BCUT2D eigenvalue weighted by Gasteiger charge is 2.07. The summed E-state index contributed by atoms with van der Waals surface area (Å²) in [4.78, 5) is 3.15. The first kappa shape index (κ1) is 12.0. The Morgan fingerprint density at radius 3 is 2.37 bits per heavy atom. The first-order valence-corrected chi connectivity index (χ1v) is 6.53. The van der Waals surface area contributed by atoms with Crippen molar-refractivity contribution in [2.75, 3.05) is 0 Å². The molecule has 1 aromatic heterocycles. The number of aromatic amines is 1. The first-order valence-electron chi connectivity index (χ1n) is 6.53. The van der Waals surface area contributed by atoms with Gasteiger partial charge < -0.3 is 4.98 Å². The fraction of sp³-hybridized carbons (Fsp3) is 0.176. The number of aromatic nitrogens is 1. The molecule has 3 aromatic rings. The lowest BCUT2D eigenvalue weighted by Gasteiger charge is -2.05. The Morgan fingerprint density at radius 1 is 1.00 bits per heavy atom. The Balaban J connectivity index is 2.06. The van der Waals surface area contributed by atoms with Crippen molar-refractivity contribution < 1.29 is 4.39 Å². The molecule has 0 radical (unpaired) electrons. The van der Waals surface area contributed by atoms with Crippen molar-refractivity contribution in [1.82, 2.24) is 4.98 Å². The molecule has 1 nitrogen and oxygen atoms in total. The van der Waals surface area contributed by atoms with Crippen LogP contribution in [0.15, 0.2) is 48.5 Å². The molecule has 0 bridgehead atoms. The van der Waals surface area contributed by atoms with Crippen LogP contribution < -0.4 is 0 Å². The maximum Gasteiger partial charge on any atom is 0.147 e. The van der Waals surface area contributed by atoms with E-state index in [1.807, 2.05) is 12.1 Å². The quantitative estimate of drug-likeness (QED) is 0.654. The van der Waals surface area contributed by atoms with Gasteiger partial charge in [0.05, 0.1) is 5.52 Å². The van der Waals surface area contributed by atoms with Gasteiger partial charge in [-0.1, -0.05) is 50.2 Å². The van der Waals surface area contributed by atoms with Crippen LogP contribution in [0.1, 0.15) is 25.3 Å². The highest BCUT2D eigenvalue weighted by atomic mass is 19.1. The van der Waals surface area contributed by atoms with Crippen molar-refractivity contribution in [3.8, 4) is 11.3 Å². The third kappa shape index (κ3) is 2.14. The van der Waals surface area contributed by atoms with Crippen molar-refractivity contribution in [1.29, 1.82) is 0 Å². The summed E-state index contributed by atoms with van der Waals surface area (Å²) in [5, 5.41) is 0.905. The van der Waals surface area contributed by atoms with E-state index in [1.54, 1.807) is 6.07 Å². The molecule has 2 heteroatoms. The second-order valence-electron chi connectivity index (χ2n) is 5.16. The Morgan fingerprint density at radius 2 is 1.74 bits per heavy atom. The van der Waals surface area contributed by atoms with Crippen molar-refractivity contribution in [2.24, 2.45) is 0 Å². The zero-order valence-corrected chi connectivity index (χ0v) is 11.1. The summed E-state index contributed by atoms with van der Waals surface area (Å²) >= 11 is 0. The van der Waals surface area contributed by atoms with Gasteiger partial charge in [0.1, 0.15) is 5.82 Å². The van der Waals surface area contributed by atoms with Crippen LogP contribution in [0.2, 0.25) is 0 Å². The first-order chi connectivity index (χ1) is 9.15. The Kier molecular flexibility index (Phi) is 2.86. The lowest BCUT2D eigenvalue weighted by Crippen LogP contribution is -1.86.